The highest BCUT2D eigenvalue weighted by Crippen LogP contribution is 2.28. The molecule has 170 valence electrons. The van der Waals surface area contributed by atoms with Crippen molar-refractivity contribution in [3.05, 3.63) is 85.9 Å². The molecule has 33 heavy (non-hydrogen) atoms. The summed E-state index contributed by atoms with van der Waals surface area (Å²) in [5.74, 6) is -0.704. The molecule has 0 spiro atoms. The van der Waals surface area contributed by atoms with Gasteiger partial charge in [0.15, 0.2) is 11.0 Å². The van der Waals surface area contributed by atoms with Crippen molar-refractivity contribution in [1.82, 2.24) is 23.9 Å². The van der Waals surface area contributed by atoms with Crippen molar-refractivity contribution in [2.75, 3.05) is 0 Å². The first-order chi connectivity index (χ1) is 15.7. The summed E-state index contributed by atoms with van der Waals surface area (Å²) in [5.41, 5.74) is 1.11. The van der Waals surface area contributed by atoms with Crippen molar-refractivity contribution in [1.29, 1.82) is 0 Å². The van der Waals surface area contributed by atoms with E-state index in [4.69, 9.17) is 11.6 Å². The Bertz CT molecular complexity index is 1550. The van der Waals surface area contributed by atoms with Gasteiger partial charge >= 0.3 is 5.69 Å². The van der Waals surface area contributed by atoms with Crippen molar-refractivity contribution >= 4 is 27.9 Å². The predicted molar refractivity (Wildman–Crippen MR) is 125 cm³/mol. The van der Waals surface area contributed by atoms with Crippen LogP contribution in [0.3, 0.4) is 0 Å². The molecule has 3 heterocycles. The third-order valence-corrected chi connectivity index (χ3v) is 5.68. The molecule has 0 saturated carbocycles. The number of aliphatic hydroxyl groups is 1. The molecule has 3 aromatic heterocycles. The lowest BCUT2D eigenvalue weighted by atomic mass is 10.0. The molecule has 0 unspecified atom stereocenters. The number of aromatic nitrogens is 5. The Morgan fingerprint density at radius 3 is 2.55 bits per heavy atom. The molecule has 4 aromatic rings. The zero-order valence-corrected chi connectivity index (χ0v) is 19.0. The number of fused-ring (bicyclic) bond motifs is 1. The fourth-order valence-corrected chi connectivity index (χ4v) is 3.96. The highest BCUT2D eigenvalue weighted by atomic mass is 35.5. The first-order valence-electron chi connectivity index (χ1n) is 10.1. The number of aliphatic hydroxyl groups excluding tert-OH is 1. The van der Waals surface area contributed by atoms with E-state index in [1.54, 1.807) is 32.3 Å². The molecular formula is C23H21ClFN5O3. The van der Waals surface area contributed by atoms with Crippen LogP contribution in [0.15, 0.2) is 46.8 Å². The third kappa shape index (κ3) is 3.69. The molecule has 0 atom stereocenters. The minimum absolute atomic E-state index is 0.0830. The lowest BCUT2D eigenvalue weighted by Gasteiger charge is -2.15. The first-order valence-corrected chi connectivity index (χ1v) is 10.5. The van der Waals surface area contributed by atoms with Crippen molar-refractivity contribution < 1.29 is 9.50 Å². The Balaban J connectivity index is 2.07. The van der Waals surface area contributed by atoms with Crippen LogP contribution in [0.5, 0.6) is 0 Å². The van der Waals surface area contributed by atoms with Crippen LogP contribution >= 0.6 is 11.6 Å². The number of allylic oxidation sites excluding steroid dienone is 1. The van der Waals surface area contributed by atoms with E-state index in [1.807, 2.05) is 6.92 Å². The van der Waals surface area contributed by atoms with Gasteiger partial charge in [0.2, 0.25) is 0 Å². The number of rotatable bonds is 5. The number of nitrogens with zero attached hydrogens (tertiary/aromatic N) is 5. The van der Waals surface area contributed by atoms with Gasteiger partial charge in [0.1, 0.15) is 18.1 Å². The summed E-state index contributed by atoms with van der Waals surface area (Å²) in [6, 6.07) is 4.18. The average Bonchev–Trinajstić information content (AvgIpc) is 3.10. The quantitative estimate of drug-likeness (QED) is 0.452. The van der Waals surface area contributed by atoms with Crippen LogP contribution in [-0.2, 0) is 13.2 Å². The van der Waals surface area contributed by atoms with Crippen molar-refractivity contribution in [3.8, 4) is 11.4 Å². The van der Waals surface area contributed by atoms with Crippen LogP contribution < -0.4 is 11.2 Å². The molecule has 0 aliphatic carbocycles. The molecule has 1 N–H and O–H groups in total. The Labute approximate surface area is 192 Å². The standard InChI is InChI=1S/C23H21ClFN5O3/c1-5-28-20(11-31)27-30(23(28)33)18-8-14-15(7-17(18)25)22(32)29(10-16(14)12(2)3)19-6-13(4)9-26-21(19)24/h6-10,31H,2,5,11H2,1,3-4H3. The summed E-state index contributed by atoms with van der Waals surface area (Å²) in [4.78, 5) is 30.2. The van der Waals surface area contributed by atoms with Gasteiger partial charge in [0.05, 0.1) is 11.1 Å². The minimum atomic E-state index is -0.814. The minimum Gasteiger partial charge on any atom is -0.388 e. The molecule has 0 aliphatic rings. The average molecular weight is 470 g/mol. The fourth-order valence-electron chi connectivity index (χ4n) is 3.76. The van der Waals surface area contributed by atoms with Gasteiger partial charge in [-0.2, -0.15) is 4.68 Å². The van der Waals surface area contributed by atoms with E-state index in [9.17, 15) is 14.7 Å². The number of pyridine rings is 2. The summed E-state index contributed by atoms with van der Waals surface area (Å²) >= 11 is 6.25. The van der Waals surface area contributed by atoms with Crippen LogP contribution in [0, 0.1) is 12.7 Å². The third-order valence-electron chi connectivity index (χ3n) is 5.39. The summed E-state index contributed by atoms with van der Waals surface area (Å²) in [7, 11) is 0. The number of benzene rings is 1. The fraction of sp³-hybridized carbons (Fsp3) is 0.217. The number of hydrogen-bond acceptors (Lipinski definition) is 5. The second kappa shape index (κ2) is 8.42. The number of aryl methyl sites for hydroxylation is 1. The molecule has 0 aliphatic heterocycles. The van der Waals surface area contributed by atoms with E-state index >= 15 is 4.39 Å². The van der Waals surface area contributed by atoms with Gasteiger partial charge in [0, 0.05) is 24.5 Å². The summed E-state index contributed by atoms with van der Waals surface area (Å²) in [6.07, 6.45) is 3.15. The van der Waals surface area contributed by atoms with Gasteiger partial charge in [-0.15, -0.1) is 5.10 Å². The zero-order chi connectivity index (χ0) is 24.0. The van der Waals surface area contributed by atoms with Crippen LogP contribution in [0.2, 0.25) is 5.15 Å². The maximum Gasteiger partial charge on any atom is 0.350 e. The van der Waals surface area contributed by atoms with Crippen LogP contribution in [0.4, 0.5) is 4.39 Å². The van der Waals surface area contributed by atoms with Crippen molar-refractivity contribution in [2.24, 2.45) is 0 Å². The molecule has 0 fully saturated rings. The second-order valence-electron chi connectivity index (χ2n) is 7.68. The van der Waals surface area contributed by atoms with Gasteiger partial charge in [-0.3, -0.25) is 13.9 Å². The van der Waals surface area contributed by atoms with Gasteiger partial charge < -0.3 is 5.11 Å². The van der Waals surface area contributed by atoms with Crippen molar-refractivity contribution in [3.63, 3.8) is 0 Å². The normalized spacial score (nSPS) is 11.3. The topological polar surface area (TPSA) is 94.9 Å². The maximum absolute atomic E-state index is 15.2. The Morgan fingerprint density at radius 2 is 1.94 bits per heavy atom. The SMILES string of the molecule is C=C(C)c1cn(-c2cc(C)cnc2Cl)c(=O)c2cc(F)c(-n3nc(CO)n(CC)c3=O)cc12. The van der Waals surface area contributed by atoms with Crippen LogP contribution in [0.25, 0.3) is 27.7 Å². The molecule has 4 rings (SSSR count). The molecule has 0 saturated heterocycles. The first kappa shape index (κ1) is 22.6. The highest BCUT2D eigenvalue weighted by Gasteiger charge is 2.20. The molecule has 0 bridgehead atoms. The summed E-state index contributed by atoms with van der Waals surface area (Å²) < 4.78 is 18.7. The predicted octanol–water partition coefficient (Wildman–Crippen LogP) is 3.38. The van der Waals surface area contributed by atoms with Crippen LogP contribution in [-0.4, -0.2) is 29.0 Å². The Kier molecular flexibility index (Phi) is 5.77. The number of halogens is 2. The van der Waals surface area contributed by atoms with Gasteiger partial charge in [0.25, 0.3) is 5.56 Å². The molecule has 1 aromatic carbocycles. The van der Waals surface area contributed by atoms with Crippen LogP contribution in [0.1, 0.15) is 30.8 Å². The lowest BCUT2D eigenvalue weighted by molar-refractivity contribution is 0.264. The van der Waals surface area contributed by atoms with Gasteiger partial charge in [-0.1, -0.05) is 18.2 Å². The Hall–Kier alpha value is -3.56. The van der Waals surface area contributed by atoms with Gasteiger partial charge in [-0.05, 0) is 55.5 Å². The zero-order valence-electron chi connectivity index (χ0n) is 18.3. The van der Waals surface area contributed by atoms with E-state index in [2.05, 4.69) is 16.7 Å². The van der Waals surface area contributed by atoms with E-state index in [-0.39, 0.29) is 28.6 Å². The molecule has 10 heteroatoms. The molecular weight excluding hydrogens is 449 g/mol. The van der Waals surface area contributed by atoms with E-state index in [0.717, 1.165) is 16.3 Å². The monoisotopic (exact) mass is 469 g/mol. The van der Waals surface area contributed by atoms with E-state index < -0.39 is 23.7 Å². The van der Waals surface area contributed by atoms with E-state index in [1.165, 1.54) is 15.2 Å². The number of hydrogen-bond donors (Lipinski definition) is 1. The largest absolute Gasteiger partial charge is 0.388 e. The highest BCUT2D eigenvalue weighted by molar-refractivity contribution is 6.31. The Morgan fingerprint density at radius 1 is 1.21 bits per heavy atom. The molecule has 0 radical (unpaired) electrons. The second-order valence-corrected chi connectivity index (χ2v) is 8.04. The summed E-state index contributed by atoms with van der Waals surface area (Å²) in [5, 5.41) is 14.2. The van der Waals surface area contributed by atoms with Crippen molar-refractivity contribution in [2.45, 2.75) is 33.9 Å². The van der Waals surface area contributed by atoms with E-state index in [0.29, 0.717) is 22.2 Å². The maximum atomic E-state index is 15.2. The molecule has 0 amide bonds. The van der Waals surface area contributed by atoms with Gasteiger partial charge in [-0.25, -0.2) is 14.2 Å². The summed E-state index contributed by atoms with van der Waals surface area (Å²) in [6.45, 7) is 9.07. The smallest absolute Gasteiger partial charge is 0.350 e. The molecule has 8 nitrogen and oxygen atoms in total. The lowest BCUT2D eigenvalue weighted by Crippen LogP contribution is -2.25.